The highest BCUT2D eigenvalue weighted by Crippen LogP contribution is 2.17. The fourth-order valence-electron chi connectivity index (χ4n) is 2.87. The summed E-state index contributed by atoms with van der Waals surface area (Å²) in [5.74, 6) is -0.693. The number of aliphatic imine (C=N–C) groups is 1. The van der Waals surface area contributed by atoms with Gasteiger partial charge in [0.2, 0.25) is 0 Å². The minimum atomic E-state index is -0.603. The Morgan fingerprint density at radius 3 is 2.59 bits per heavy atom. The number of nitrogens with zero attached hydrogens (tertiary/aromatic N) is 2. The number of halogens is 2. The van der Waals surface area contributed by atoms with Crippen LogP contribution in [0.5, 0.6) is 0 Å². The molecule has 0 fully saturated rings. The third kappa shape index (κ3) is 6.55. The van der Waals surface area contributed by atoms with Gasteiger partial charge in [-0.2, -0.15) is 0 Å². The zero-order valence-corrected chi connectivity index (χ0v) is 17.3. The van der Waals surface area contributed by atoms with E-state index in [2.05, 4.69) is 15.6 Å². The largest absolute Gasteiger partial charge is 0.357 e. The number of nitrogens with one attached hydrogen (secondary N) is 2. The van der Waals surface area contributed by atoms with Gasteiger partial charge in [0, 0.05) is 44.4 Å². The molecular weight excluding hydrogens is 374 g/mol. The summed E-state index contributed by atoms with van der Waals surface area (Å²) in [6.07, 6.45) is 0.657. The Balaban J connectivity index is 2.04. The van der Waals surface area contributed by atoms with Crippen LogP contribution in [0.2, 0.25) is 0 Å². The zero-order valence-electron chi connectivity index (χ0n) is 17.3. The van der Waals surface area contributed by atoms with Crippen molar-refractivity contribution in [3.05, 3.63) is 70.8 Å². The van der Waals surface area contributed by atoms with Crippen molar-refractivity contribution in [1.82, 2.24) is 15.5 Å². The molecule has 7 heteroatoms. The molecule has 2 aromatic carbocycles. The molecule has 156 valence electrons. The van der Waals surface area contributed by atoms with E-state index in [0.29, 0.717) is 36.6 Å². The number of carbonyl (C=O) groups is 1. The monoisotopic (exact) mass is 402 g/mol. The van der Waals surface area contributed by atoms with E-state index in [9.17, 15) is 13.6 Å². The number of rotatable bonds is 7. The van der Waals surface area contributed by atoms with Crippen LogP contribution in [0, 0.1) is 11.6 Å². The third-order valence-corrected chi connectivity index (χ3v) is 4.38. The molecule has 2 rings (SSSR count). The van der Waals surface area contributed by atoms with E-state index < -0.39 is 11.6 Å². The Labute approximate surface area is 170 Å². The molecule has 0 saturated heterocycles. The van der Waals surface area contributed by atoms with Gasteiger partial charge >= 0.3 is 0 Å². The topological polar surface area (TPSA) is 56.7 Å². The van der Waals surface area contributed by atoms with Crippen molar-refractivity contribution < 1.29 is 13.6 Å². The first-order chi connectivity index (χ1) is 13.8. The van der Waals surface area contributed by atoms with E-state index in [0.717, 1.165) is 11.6 Å². The van der Waals surface area contributed by atoms with Crippen LogP contribution in [0.25, 0.3) is 0 Å². The van der Waals surface area contributed by atoms with E-state index in [1.165, 1.54) is 12.1 Å². The first kappa shape index (κ1) is 22.3. The summed E-state index contributed by atoms with van der Waals surface area (Å²) >= 11 is 0. The minimum absolute atomic E-state index is 0.0412. The van der Waals surface area contributed by atoms with Crippen molar-refractivity contribution in [2.75, 3.05) is 27.2 Å². The van der Waals surface area contributed by atoms with Crippen LogP contribution in [0.15, 0.2) is 47.5 Å². The summed E-state index contributed by atoms with van der Waals surface area (Å²) in [4.78, 5) is 18.2. The number of benzene rings is 2. The highest BCUT2D eigenvalue weighted by atomic mass is 19.1. The Morgan fingerprint density at radius 2 is 1.93 bits per heavy atom. The second-order valence-corrected chi connectivity index (χ2v) is 6.94. The molecule has 0 aliphatic heterocycles. The van der Waals surface area contributed by atoms with Gasteiger partial charge in [-0.1, -0.05) is 18.2 Å². The second-order valence-electron chi connectivity index (χ2n) is 6.94. The highest BCUT2D eigenvalue weighted by molar-refractivity contribution is 5.94. The van der Waals surface area contributed by atoms with Crippen LogP contribution in [-0.2, 0) is 6.42 Å². The molecule has 1 atom stereocenters. The summed E-state index contributed by atoms with van der Waals surface area (Å²) < 4.78 is 27.1. The van der Waals surface area contributed by atoms with Crippen LogP contribution >= 0.6 is 0 Å². The van der Waals surface area contributed by atoms with Gasteiger partial charge in [-0.05, 0) is 44.0 Å². The molecule has 0 aromatic heterocycles. The molecule has 0 aliphatic carbocycles. The predicted molar refractivity (Wildman–Crippen MR) is 112 cm³/mol. The first-order valence-electron chi connectivity index (χ1n) is 9.62. The van der Waals surface area contributed by atoms with Gasteiger partial charge in [0.1, 0.15) is 11.6 Å². The van der Waals surface area contributed by atoms with Crippen LogP contribution < -0.4 is 10.6 Å². The molecule has 0 radical (unpaired) electrons. The molecule has 2 N–H and O–H groups in total. The molecule has 5 nitrogen and oxygen atoms in total. The lowest BCUT2D eigenvalue weighted by molar-refractivity contribution is 0.0827. The van der Waals surface area contributed by atoms with Gasteiger partial charge in [-0.15, -0.1) is 0 Å². The van der Waals surface area contributed by atoms with E-state index in [1.54, 1.807) is 32.0 Å². The van der Waals surface area contributed by atoms with Gasteiger partial charge in [0.05, 0.1) is 6.04 Å². The Morgan fingerprint density at radius 1 is 1.17 bits per heavy atom. The minimum Gasteiger partial charge on any atom is -0.357 e. The van der Waals surface area contributed by atoms with Gasteiger partial charge in [-0.25, -0.2) is 8.78 Å². The van der Waals surface area contributed by atoms with Crippen molar-refractivity contribution >= 4 is 11.9 Å². The van der Waals surface area contributed by atoms with Gasteiger partial charge in [-0.3, -0.25) is 9.79 Å². The van der Waals surface area contributed by atoms with E-state index in [-0.39, 0.29) is 11.9 Å². The fraction of sp³-hybridized carbons (Fsp3) is 0.364. The lowest BCUT2D eigenvalue weighted by atomic mass is 10.1. The highest BCUT2D eigenvalue weighted by Gasteiger charge is 2.13. The van der Waals surface area contributed by atoms with Gasteiger partial charge in [0.25, 0.3) is 5.91 Å². The van der Waals surface area contributed by atoms with Crippen molar-refractivity contribution in [2.24, 2.45) is 4.99 Å². The molecule has 0 saturated carbocycles. The first-order valence-corrected chi connectivity index (χ1v) is 9.62. The number of hydrogen-bond donors (Lipinski definition) is 2. The lowest BCUT2D eigenvalue weighted by Gasteiger charge is -2.18. The van der Waals surface area contributed by atoms with Crippen molar-refractivity contribution in [3.8, 4) is 0 Å². The zero-order chi connectivity index (χ0) is 21.4. The lowest BCUT2D eigenvalue weighted by Crippen LogP contribution is -2.39. The van der Waals surface area contributed by atoms with Crippen molar-refractivity contribution in [2.45, 2.75) is 26.3 Å². The summed E-state index contributed by atoms with van der Waals surface area (Å²) in [6.45, 7) is 4.88. The Kier molecular flexibility index (Phi) is 8.12. The third-order valence-electron chi connectivity index (χ3n) is 4.38. The summed E-state index contributed by atoms with van der Waals surface area (Å²) in [5, 5.41) is 6.27. The normalized spacial score (nSPS) is 12.4. The Bertz CT molecular complexity index is 868. The van der Waals surface area contributed by atoms with Gasteiger partial charge < -0.3 is 15.5 Å². The molecule has 0 aliphatic rings. The maximum Gasteiger partial charge on any atom is 0.253 e. The van der Waals surface area contributed by atoms with Gasteiger partial charge in [0.15, 0.2) is 5.96 Å². The van der Waals surface area contributed by atoms with Crippen LogP contribution in [0.3, 0.4) is 0 Å². The molecule has 2 aromatic rings. The molecule has 1 amide bonds. The van der Waals surface area contributed by atoms with E-state index in [1.807, 2.05) is 25.1 Å². The SMILES string of the molecule is CCNC(=NCCc1cccc(C(=O)N(C)C)c1)NC(C)c1ccc(F)cc1F. The van der Waals surface area contributed by atoms with Crippen molar-refractivity contribution in [1.29, 1.82) is 0 Å². The van der Waals surface area contributed by atoms with Crippen LogP contribution in [0.4, 0.5) is 8.78 Å². The predicted octanol–water partition coefficient (Wildman–Crippen LogP) is 3.53. The number of amides is 1. The van der Waals surface area contributed by atoms with Crippen molar-refractivity contribution in [3.63, 3.8) is 0 Å². The smallest absolute Gasteiger partial charge is 0.253 e. The quantitative estimate of drug-likeness (QED) is 0.550. The average molecular weight is 402 g/mol. The molecular formula is C22H28F2N4O. The number of carbonyl (C=O) groups excluding carboxylic acids is 1. The van der Waals surface area contributed by atoms with Crippen LogP contribution in [0.1, 0.15) is 41.4 Å². The molecule has 1 unspecified atom stereocenters. The van der Waals surface area contributed by atoms with Crippen LogP contribution in [-0.4, -0.2) is 44.0 Å². The maximum absolute atomic E-state index is 14.0. The molecule has 0 bridgehead atoms. The number of guanidine groups is 1. The maximum atomic E-state index is 14.0. The molecule has 0 heterocycles. The molecule has 29 heavy (non-hydrogen) atoms. The number of hydrogen-bond acceptors (Lipinski definition) is 2. The van der Waals surface area contributed by atoms with E-state index >= 15 is 0 Å². The average Bonchev–Trinajstić information content (AvgIpc) is 2.67. The standard InChI is InChI=1S/C22H28F2N4O/c1-5-25-22(27-15(2)19-10-9-18(23)14-20(19)24)26-12-11-16-7-6-8-17(13-16)21(29)28(3)4/h6-10,13-15H,5,11-12H2,1-4H3,(H2,25,26,27). The van der Waals surface area contributed by atoms with E-state index in [4.69, 9.17) is 0 Å². The molecule has 0 spiro atoms. The Hall–Kier alpha value is -2.96. The summed E-state index contributed by atoms with van der Waals surface area (Å²) in [6, 6.07) is 10.6. The second kappa shape index (κ2) is 10.5. The summed E-state index contributed by atoms with van der Waals surface area (Å²) in [7, 11) is 3.44. The summed E-state index contributed by atoms with van der Waals surface area (Å²) in [5.41, 5.74) is 2.02. The fourth-order valence-corrected chi connectivity index (χ4v) is 2.87.